The number of anilines is 1. The van der Waals surface area contributed by atoms with Crippen molar-refractivity contribution in [2.75, 3.05) is 25.9 Å². The summed E-state index contributed by atoms with van der Waals surface area (Å²) in [5, 5.41) is 4.39. The van der Waals surface area contributed by atoms with Crippen LogP contribution in [0.2, 0.25) is 0 Å². The van der Waals surface area contributed by atoms with Crippen LogP contribution < -0.4 is 10.5 Å². The zero-order valence-corrected chi connectivity index (χ0v) is 15.4. The fourth-order valence-corrected chi connectivity index (χ4v) is 3.81. The first kappa shape index (κ1) is 16.8. The summed E-state index contributed by atoms with van der Waals surface area (Å²) in [4.78, 5) is 7.32. The third-order valence-corrected chi connectivity index (χ3v) is 5.06. The van der Waals surface area contributed by atoms with Crippen LogP contribution in [0.15, 0.2) is 36.4 Å². The van der Waals surface area contributed by atoms with Crippen molar-refractivity contribution in [2.45, 2.75) is 32.2 Å². The molecule has 1 atom stereocenters. The maximum absolute atomic E-state index is 6.20. The van der Waals surface area contributed by atoms with E-state index in [1.54, 1.807) is 11.6 Å². The fourth-order valence-electron chi connectivity index (χ4n) is 3.81. The smallest absolute Gasteiger partial charge is 0.157 e. The number of ether oxygens (including phenoxy) is 1. The highest BCUT2D eigenvalue weighted by molar-refractivity contribution is 5.48. The first-order valence-corrected chi connectivity index (χ1v) is 9.10. The van der Waals surface area contributed by atoms with Crippen LogP contribution in [0.4, 0.5) is 5.82 Å². The monoisotopic (exact) mass is 351 g/mol. The number of piperidine rings is 1. The molecule has 1 fully saturated rings. The number of methoxy groups -OCH3 is 1. The second kappa shape index (κ2) is 6.96. The lowest BCUT2D eigenvalue weighted by molar-refractivity contribution is 0.198. The third kappa shape index (κ3) is 3.37. The minimum atomic E-state index is 0.400. The van der Waals surface area contributed by atoms with Crippen molar-refractivity contribution in [3.05, 3.63) is 53.3 Å². The summed E-state index contributed by atoms with van der Waals surface area (Å²) >= 11 is 0. The maximum Gasteiger partial charge on any atom is 0.157 e. The van der Waals surface area contributed by atoms with E-state index in [2.05, 4.69) is 22.1 Å². The van der Waals surface area contributed by atoms with E-state index < -0.39 is 0 Å². The number of nitrogens with two attached hydrogens (primary N) is 1. The third-order valence-electron chi connectivity index (χ3n) is 5.06. The summed E-state index contributed by atoms with van der Waals surface area (Å²) in [5.41, 5.74) is 10.3. The van der Waals surface area contributed by atoms with Gasteiger partial charge in [0.1, 0.15) is 11.6 Å². The molecule has 0 amide bonds. The topological polar surface area (TPSA) is 68.7 Å². The molecule has 1 aliphatic rings. The Hall–Kier alpha value is -2.60. The number of hydrogen-bond acceptors (Lipinski definition) is 5. The highest BCUT2D eigenvalue weighted by Gasteiger charge is 2.23. The van der Waals surface area contributed by atoms with Gasteiger partial charge in [-0.1, -0.05) is 12.1 Å². The molecule has 0 saturated carbocycles. The number of likely N-dealkylation sites (tertiary alicyclic amines) is 1. The van der Waals surface area contributed by atoms with Crippen molar-refractivity contribution in [3.8, 4) is 5.75 Å². The quantitative estimate of drug-likeness (QED) is 0.782. The number of nitrogen functional groups attached to an aromatic ring is 1. The van der Waals surface area contributed by atoms with Gasteiger partial charge in [-0.3, -0.25) is 4.90 Å². The maximum atomic E-state index is 6.20. The van der Waals surface area contributed by atoms with E-state index in [4.69, 9.17) is 15.5 Å². The second-order valence-corrected chi connectivity index (χ2v) is 7.09. The number of fused-ring (bicyclic) bond motifs is 1. The molecule has 136 valence electrons. The van der Waals surface area contributed by atoms with Crippen molar-refractivity contribution in [1.82, 2.24) is 19.5 Å². The molecule has 1 unspecified atom stereocenters. The van der Waals surface area contributed by atoms with Crippen LogP contribution in [0, 0.1) is 6.92 Å². The summed E-state index contributed by atoms with van der Waals surface area (Å²) in [6, 6.07) is 12.3. The molecule has 2 aromatic heterocycles. The Labute approximate surface area is 153 Å². The normalized spacial score (nSPS) is 18.3. The summed E-state index contributed by atoms with van der Waals surface area (Å²) in [6.07, 6.45) is 2.31. The number of aryl methyl sites for hydroxylation is 1. The van der Waals surface area contributed by atoms with E-state index in [0.29, 0.717) is 11.7 Å². The van der Waals surface area contributed by atoms with Gasteiger partial charge in [0, 0.05) is 31.1 Å². The average molecular weight is 351 g/mol. The van der Waals surface area contributed by atoms with Crippen LogP contribution in [0.5, 0.6) is 5.75 Å². The molecular formula is C20H25N5O. The Kier molecular flexibility index (Phi) is 4.51. The van der Waals surface area contributed by atoms with Crippen molar-refractivity contribution >= 4 is 11.5 Å². The van der Waals surface area contributed by atoms with Crippen molar-refractivity contribution in [3.63, 3.8) is 0 Å². The van der Waals surface area contributed by atoms with Gasteiger partial charge >= 0.3 is 0 Å². The lowest BCUT2D eigenvalue weighted by Gasteiger charge is -2.32. The SMILES string of the molecule is COc1cccc(CN2CCCC(c3cc(N)n4nc(C)cc4n3)C2)c1. The van der Waals surface area contributed by atoms with Gasteiger partial charge in [0.25, 0.3) is 0 Å². The first-order chi connectivity index (χ1) is 12.6. The van der Waals surface area contributed by atoms with Crippen LogP contribution in [0.25, 0.3) is 5.65 Å². The Balaban J connectivity index is 1.53. The van der Waals surface area contributed by atoms with E-state index in [9.17, 15) is 0 Å². The van der Waals surface area contributed by atoms with Crippen molar-refractivity contribution < 1.29 is 4.74 Å². The summed E-state index contributed by atoms with van der Waals surface area (Å²) in [6.45, 7) is 4.99. The number of hydrogen-bond donors (Lipinski definition) is 1. The van der Waals surface area contributed by atoms with E-state index in [1.807, 2.05) is 31.2 Å². The minimum Gasteiger partial charge on any atom is -0.497 e. The summed E-state index contributed by atoms with van der Waals surface area (Å²) in [5.74, 6) is 1.96. The van der Waals surface area contributed by atoms with Gasteiger partial charge in [-0.15, -0.1) is 0 Å². The largest absolute Gasteiger partial charge is 0.497 e. The molecule has 1 saturated heterocycles. The van der Waals surface area contributed by atoms with E-state index in [-0.39, 0.29) is 0 Å². The number of aromatic nitrogens is 3. The lowest BCUT2D eigenvalue weighted by Crippen LogP contribution is -2.34. The number of benzene rings is 1. The average Bonchev–Trinajstić information content (AvgIpc) is 3.03. The van der Waals surface area contributed by atoms with Gasteiger partial charge in [0.15, 0.2) is 5.65 Å². The predicted octanol–water partition coefficient (Wildman–Crippen LogP) is 3.01. The van der Waals surface area contributed by atoms with Gasteiger partial charge < -0.3 is 10.5 Å². The van der Waals surface area contributed by atoms with Crippen LogP contribution >= 0.6 is 0 Å². The molecule has 0 aliphatic carbocycles. The molecule has 2 N–H and O–H groups in total. The standard InChI is InChI=1S/C20H25N5O/c1-14-9-20-22-18(11-19(21)25(20)23-14)16-6-4-8-24(13-16)12-15-5-3-7-17(10-15)26-2/h3,5,7,9-11,16H,4,6,8,12-13,21H2,1-2H3. The molecule has 3 heterocycles. The molecule has 1 aromatic carbocycles. The molecule has 3 aromatic rings. The van der Waals surface area contributed by atoms with Gasteiger partial charge in [0.05, 0.1) is 18.5 Å². The van der Waals surface area contributed by atoms with Gasteiger partial charge in [0.2, 0.25) is 0 Å². The fraction of sp³-hybridized carbons (Fsp3) is 0.400. The summed E-state index contributed by atoms with van der Waals surface area (Å²) in [7, 11) is 1.71. The van der Waals surface area contributed by atoms with Crippen LogP contribution in [0.1, 0.15) is 35.7 Å². The zero-order chi connectivity index (χ0) is 18.1. The number of rotatable bonds is 4. The Morgan fingerprint density at radius 2 is 2.15 bits per heavy atom. The molecule has 6 nitrogen and oxygen atoms in total. The molecule has 26 heavy (non-hydrogen) atoms. The van der Waals surface area contributed by atoms with Crippen LogP contribution in [-0.2, 0) is 6.54 Å². The highest BCUT2D eigenvalue weighted by Crippen LogP contribution is 2.28. The van der Waals surface area contributed by atoms with Crippen LogP contribution in [0.3, 0.4) is 0 Å². The Morgan fingerprint density at radius 3 is 3.00 bits per heavy atom. The van der Waals surface area contributed by atoms with E-state index in [0.717, 1.165) is 48.8 Å². The first-order valence-electron chi connectivity index (χ1n) is 9.10. The van der Waals surface area contributed by atoms with Gasteiger partial charge in [-0.25, -0.2) is 4.98 Å². The second-order valence-electron chi connectivity index (χ2n) is 7.09. The van der Waals surface area contributed by atoms with Gasteiger partial charge in [-0.2, -0.15) is 9.61 Å². The summed E-state index contributed by atoms with van der Waals surface area (Å²) < 4.78 is 7.06. The molecule has 0 radical (unpaired) electrons. The van der Waals surface area contributed by atoms with Crippen LogP contribution in [-0.4, -0.2) is 39.7 Å². The van der Waals surface area contributed by atoms with E-state index in [1.165, 1.54) is 12.0 Å². The molecule has 0 bridgehead atoms. The highest BCUT2D eigenvalue weighted by atomic mass is 16.5. The zero-order valence-electron chi connectivity index (χ0n) is 15.4. The lowest BCUT2D eigenvalue weighted by atomic mass is 9.94. The van der Waals surface area contributed by atoms with Crippen molar-refractivity contribution in [2.24, 2.45) is 0 Å². The van der Waals surface area contributed by atoms with Gasteiger partial charge in [-0.05, 0) is 44.0 Å². The number of nitrogens with zero attached hydrogens (tertiary/aromatic N) is 4. The van der Waals surface area contributed by atoms with E-state index >= 15 is 0 Å². The molecule has 4 rings (SSSR count). The molecule has 6 heteroatoms. The molecule has 1 aliphatic heterocycles. The predicted molar refractivity (Wildman–Crippen MR) is 102 cm³/mol. The molecule has 0 spiro atoms. The minimum absolute atomic E-state index is 0.400. The Bertz CT molecular complexity index is 920. The molecular weight excluding hydrogens is 326 g/mol. The van der Waals surface area contributed by atoms with Crippen molar-refractivity contribution in [1.29, 1.82) is 0 Å². The Morgan fingerprint density at radius 1 is 1.27 bits per heavy atom.